The molecule has 1 aliphatic heterocycles. The number of amides is 1. The molecule has 0 aromatic carbocycles. The van der Waals surface area contributed by atoms with Crippen molar-refractivity contribution < 1.29 is 18.7 Å². The van der Waals surface area contributed by atoms with Crippen molar-refractivity contribution in [1.29, 1.82) is 0 Å². The van der Waals surface area contributed by atoms with Crippen molar-refractivity contribution in [1.82, 2.24) is 10.2 Å². The molecule has 0 saturated carbocycles. The van der Waals surface area contributed by atoms with Crippen LogP contribution < -0.4 is 5.32 Å². The molecule has 2 rings (SSSR count). The quantitative estimate of drug-likeness (QED) is 0.846. The smallest absolute Gasteiger partial charge is 0.373 e. The van der Waals surface area contributed by atoms with E-state index >= 15 is 0 Å². The van der Waals surface area contributed by atoms with Crippen LogP contribution in [0.15, 0.2) is 16.5 Å². The summed E-state index contributed by atoms with van der Waals surface area (Å²) in [6.07, 6.45) is 0. The molecule has 110 valence electrons. The van der Waals surface area contributed by atoms with Crippen molar-refractivity contribution in [3.63, 3.8) is 0 Å². The Morgan fingerprint density at radius 2 is 2.20 bits per heavy atom. The van der Waals surface area contributed by atoms with Gasteiger partial charge in [0.05, 0.1) is 18.7 Å². The zero-order valence-corrected chi connectivity index (χ0v) is 12.2. The molecule has 6 nitrogen and oxygen atoms in total. The highest BCUT2D eigenvalue weighted by molar-refractivity contribution is 5.86. The molecule has 0 radical (unpaired) electrons. The molecule has 1 aliphatic rings. The second-order valence-corrected chi connectivity index (χ2v) is 5.38. The topological polar surface area (TPSA) is 71.8 Å². The summed E-state index contributed by atoms with van der Waals surface area (Å²) in [5.74, 6) is 0.316. The first-order valence-electron chi connectivity index (χ1n) is 6.61. The number of methoxy groups -OCH3 is 1. The molecule has 1 saturated heterocycles. The Balaban J connectivity index is 2.22. The first-order valence-corrected chi connectivity index (χ1v) is 6.61. The first-order chi connectivity index (χ1) is 9.37. The van der Waals surface area contributed by atoms with Crippen LogP contribution in [-0.4, -0.2) is 42.5 Å². The monoisotopic (exact) mass is 280 g/mol. The highest BCUT2D eigenvalue weighted by atomic mass is 16.5. The molecular weight excluding hydrogens is 260 g/mol. The maximum atomic E-state index is 12.0. The Bertz CT molecular complexity index is 521. The van der Waals surface area contributed by atoms with E-state index < -0.39 is 11.5 Å². The van der Waals surface area contributed by atoms with Gasteiger partial charge in [-0.15, -0.1) is 0 Å². The molecule has 6 heteroatoms. The van der Waals surface area contributed by atoms with E-state index in [4.69, 9.17) is 4.42 Å². The zero-order chi connectivity index (χ0) is 14.9. The Hall–Kier alpha value is -1.82. The maximum absolute atomic E-state index is 12.0. The predicted octanol–water partition coefficient (Wildman–Crippen LogP) is 1.34. The Labute approximate surface area is 118 Å². The summed E-state index contributed by atoms with van der Waals surface area (Å²) in [5.41, 5.74) is -0.615. The number of ether oxygens (including phenoxy) is 1. The number of furan rings is 1. The van der Waals surface area contributed by atoms with Gasteiger partial charge >= 0.3 is 5.97 Å². The minimum atomic E-state index is -0.615. The maximum Gasteiger partial charge on any atom is 0.373 e. The van der Waals surface area contributed by atoms with Crippen LogP contribution in [0.25, 0.3) is 0 Å². The fourth-order valence-corrected chi connectivity index (χ4v) is 2.54. The third-order valence-electron chi connectivity index (χ3n) is 3.80. The van der Waals surface area contributed by atoms with Crippen molar-refractivity contribution in [3.05, 3.63) is 23.7 Å². The van der Waals surface area contributed by atoms with E-state index in [0.29, 0.717) is 12.3 Å². The number of piperazine rings is 1. The van der Waals surface area contributed by atoms with Crippen LogP contribution in [0.5, 0.6) is 0 Å². The molecule has 1 unspecified atom stereocenters. The van der Waals surface area contributed by atoms with E-state index in [1.165, 1.54) is 7.11 Å². The summed E-state index contributed by atoms with van der Waals surface area (Å²) >= 11 is 0. The lowest BCUT2D eigenvalue weighted by molar-refractivity contribution is -0.137. The van der Waals surface area contributed by atoms with E-state index in [-0.39, 0.29) is 17.7 Å². The zero-order valence-electron chi connectivity index (χ0n) is 12.2. The largest absolute Gasteiger partial charge is 0.463 e. The van der Waals surface area contributed by atoms with Gasteiger partial charge in [-0.3, -0.25) is 9.69 Å². The fraction of sp³-hybridized carbons (Fsp3) is 0.571. The third-order valence-corrected chi connectivity index (χ3v) is 3.80. The van der Waals surface area contributed by atoms with Crippen molar-refractivity contribution in [3.8, 4) is 0 Å². The second-order valence-electron chi connectivity index (χ2n) is 5.38. The Morgan fingerprint density at radius 3 is 2.85 bits per heavy atom. The van der Waals surface area contributed by atoms with Crippen LogP contribution in [0, 0.1) is 0 Å². The number of hydrogen-bond acceptors (Lipinski definition) is 5. The van der Waals surface area contributed by atoms with E-state index in [9.17, 15) is 9.59 Å². The summed E-state index contributed by atoms with van der Waals surface area (Å²) in [6.45, 7) is 7.05. The minimum absolute atomic E-state index is 0.00431. The van der Waals surface area contributed by atoms with E-state index in [1.54, 1.807) is 12.1 Å². The summed E-state index contributed by atoms with van der Waals surface area (Å²) in [5, 5.41) is 2.86. The Kier molecular flexibility index (Phi) is 3.85. The molecule has 0 aliphatic carbocycles. The number of hydrogen-bond donors (Lipinski definition) is 1. The average Bonchev–Trinajstić information content (AvgIpc) is 2.90. The van der Waals surface area contributed by atoms with Crippen molar-refractivity contribution in [2.45, 2.75) is 32.4 Å². The predicted molar refractivity (Wildman–Crippen MR) is 72.3 cm³/mol. The molecule has 0 bridgehead atoms. The van der Waals surface area contributed by atoms with E-state index in [2.05, 4.69) is 15.0 Å². The van der Waals surface area contributed by atoms with Gasteiger partial charge in [-0.25, -0.2) is 4.79 Å². The lowest BCUT2D eigenvalue weighted by atomic mass is 9.96. The van der Waals surface area contributed by atoms with Gasteiger partial charge in [0.2, 0.25) is 11.7 Å². The highest BCUT2D eigenvalue weighted by Gasteiger charge is 2.41. The standard InChI is InChI=1S/C14H20N2O4/c1-9(10-5-6-11(20-10)12(17)19-4)16-8-7-15-13(18)14(16,2)3/h5-6,9H,7-8H2,1-4H3,(H,15,18). The Morgan fingerprint density at radius 1 is 1.50 bits per heavy atom. The molecule has 2 heterocycles. The van der Waals surface area contributed by atoms with Gasteiger partial charge in [-0.2, -0.15) is 0 Å². The number of nitrogens with zero attached hydrogens (tertiary/aromatic N) is 1. The van der Waals surface area contributed by atoms with Crippen molar-refractivity contribution >= 4 is 11.9 Å². The summed E-state index contributed by atoms with van der Waals surface area (Å²) < 4.78 is 10.2. The molecule has 1 aromatic heterocycles. The number of esters is 1. The molecule has 1 amide bonds. The molecule has 0 spiro atoms. The normalized spacial score (nSPS) is 20.3. The van der Waals surface area contributed by atoms with Crippen LogP contribution >= 0.6 is 0 Å². The lowest BCUT2D eigenvalue weighted by Crippen LogP contribution is -2.62. The molecule has 1 N–H and O–H groups in total. The number of carbonyl (C=O) groups is 2. The summed E-state index contributed by atoms with van der Waals surface area (Å²) in [4.78, 5) is 25.4. The van der Waals surface area contributed by atoms with Crippen LogP contribution in [0.4, 0.5) is 0 Å². The molecule has 1 aromatic rings. The fourth-order valence-electron chi connectivity index (χ4n) is 2.54. The summed E-state index contributed by atoms with van der Waals surface area (Å²) in [7, 11) is 1.31. The van der Waals surface area contributed by atoms with Gasteiger partial charge in [0, 0.05) is 13.1 Å². The molecule has 20 heavy (non-hydrogen) atoms. The minimum Gasteiger partial charge on any atom is -0.463 e. The van der Waals surface area contributed by atoms with Gasteiger partial charge in [0.15, 0.2) is 0 Å². The summed E-state index contributed by atoms with van der Waals surface area (Å²) in [6, 6.07) is 3.24. The number of carbonyl (C=O) groups excluding carboxylic acids is 2. The third kappa shape index (κ3) is 2.43. The lowest BCUT2D eigenvalue weighted by Gasteiger charge is -2.44. The van der Waals surface area contributed by atoms with Gasteiger partial charge in [0.25, 0.3) is 0 Å². The molecule has 1 atom stereocenters. The van der Waals surface area contributed by atoms with E-state index in [0.717, 1.165) is 6.54 Å². The van der Waals surface area contributed by atoms with Crippen LogP contribution in [0.2, 0.25) is 0 Å². The first kappa shape index (κ1) is 14.6. The number of rotatable bonds is 3. The van der Waals surface area contributed by atoms with Gasteiger partial charge in [-0.05, 0) is 32.9 Å². The van der Waals surface area contributed by atoms with Crippen LogP contribution in [0.1, 0.15) is 43.1 Å². The van der Waals surface area contributed by atoms with Crippen molar-refractivity contribution in [2.24, 2.45) is 0 Å². The second kappa shape index (κ2) is 5.28. The van der Waals surface area contributed by atoms with E-state index in [1.807, 2.05) is 20.8 Å². The number of nitrogens with one attached hydrogen (secondary N) is 1. The average molecular weight is 280 g/mol. The SMILES string of the molecule is COC(=O)c1ccc(C(C)N2CCNC(=O)C2(C)C)o1. The highest BCUT2D eigenvalue weighted by Crippen LogP contribution is 2.30. The van der Waals surface area contributed by atoms with Gasteiger partial charge < -0.3 is 14.5 Å². The van der Waals surface area contributed by atoms with Crippen LogP contribution in [0.3, 0.4) is 0 Å². The molecule has 1 fully saturated rings. The van der Waals surface area contributed by atoms with Crippen molar-refractivity contribution in [2.75, 3.05) is 20.2 Å². The van der Waals surface area contributed by atoms with Crippen LogP contribution in [-0.2, 0) is 9.53 Å². The van der Waals surface area contributed by atoms with Gasteiger partial charge in [0.1, 0.15) is 5.76 Å². The van der Waals surface area contributed by atoms with Gasteiger partial charge in [-0.1, -0.05) is 0 Å². The molecular formula is C14H20N2O4.